The van der Waals surface area contributed by atoms with E-state index in [1.165, 1.54) is 11.3 Å². The van der Waals surface area contributed by atoms with Crippen molar-refractivity contribution in [2.45, 2.75) is 38.8 Å². The van der Waals surface area contributed by atoms with E-state index in [1.807, 2.05) is 0 Å². The molecule has 0 aliphatic carbocycles. The molecule has 16 heavy (non-hydrogen) atoms. The molecule has 1 aromatic carbocycles. The average molecular weight is 283 g/mol. The van der Waals surface area contributed by atoms with Crippen LogP contribution in [-0.4, -0.2) is 18.1 Å². The third-order valence-corrected chi connectivity index (χ3v) is 3.21. The number of benzene rings is 1. The largest absolute Gasteiger partial charge is 0.383 e. The summed E-state index contributed by atoms with van der Waals surface area (Å²) in [4.78, 5) is 0. The first-order chi connectivity index (χ1) is 7.44. The van der Waals surface area contributed by atoms with Crippen molar-refractivity contribution < 1.29 is 0 Å². The lowest BCUT2D eigenvalue weighted by Crippen LogP contribution is -2.49. The Labute approximate surface area is 106 Å². The number of anilines is 1. The Morgan fingerprint density at radius 1 is 1.38 bits per heavy atom. The number of hydrogen-bond donors (Lipinski definition) is 2. The molecule has 0 bridgehead atoms. The van der Waals surface area contributed by atoms with E-state index in [0.717, 1.165) is 17.4 Å². The third-order valence-electron chi connectivity index (χ3n) is 2.71. The Kier molecular flexibility index (Phi) is 3.27. The molecule has 3 heteroatoms. The summed E-state index contributed by atoms with van der Waals surface area (Å²) in [6.07, 6.45) is 1.10. The molecule has 1 heterocycles. The molecule has 0 spiro atoms. The number of rotatable bonds is 1. The van der Waals surface area contributed by atoms with Gasteiger partial charge >= 0.3 is 0 Å². The fraction of sp³-hybridized carbons (Fsp3) is 0.538. The van der Waals surface area contributed by atoms with Gasteiger partial charge in [-0.3, -0.25) is 0 Å². The van der Waals surface area contributed by atoms with Gasteiger partial charge in [-0.25, -0.2) is 0 Å². The monoisotopic (exact) mass is 282 g/mol. The molecule has 1 atom stereocenters. The second-order valence-corrected chi connectivity index (χ2v) is 6.39. The van der Waals surface area contributed by atoms with Gasteiger partial charge in [-0.2, -0.15) is 0 Å². The predicted molar refractivity (Wildman–Crippen MR) is 73.0 cm³/mol. The Hall–Kier alpha value is -0.540. The van der Waals surface area contributed by atoms with Gasteiger partial charge in [0.2, 0.25) is 0 Å². The Balaban J connectivity index is 2.09. The molecule has 1 unspecified atom stereocenters. The van der Waals surface area contributed by atoms with Crippen molar-refractivity contribution in [3.05, 3.63) is 28.2 Å². The lowest BCUT2D eigenvalue weighted by molar-refractivity contribution is 0.360. The van der Waals surface area contributed by atoms with Crippen LogP contribution in [0.1, 0.15) is 26.3 Å². The summed E-state index contributed by atoms with van der Waals surface area (Å²) < 4.78 is 1.14. The highest BCUT2D eigenvalue weighted by Gasteiger charge is 2.22. The van der Waals surface area contributed by atoms with Crippen molar-refractivity contribution in [2.24, 2.45) is 0 Å². The summed E-state index contributed by atoms with van der Waals surface area (Å²) in [5, 5.41) is 7.12. The van der Waals surface area contributed by atoms with Crippen molar-refractivity contribution in [1.82, 2.24) is 5.32 Å². The number of halogens is 1. The van der Waals surface area contributed by atoms with E-state index in [9.17, 15) is 0 Å². The molecule has 1 aromatic rings. The number of nitrogens with one attached hydrogen (secondary N) is 2. The zero-order valence-corrected chi connectivity index (χ0v) is 11.7. The van der Waals surface area contributed by atoms with Gasteiger partial charge in [-0.1, -0.05) is 22.0 Å². The summed E-state index contributed by atoms with van der Waals surface area (Å²) >= 11 is 3.50. The SMILES string of the molecule is CC(C)(C)NC1CNc2cc(Br)ccc2C1. The van der Waals surface area contributed by atoms with Gasteiger partial charge in [0, 0.05) is 28.3 Å². The average Bonchev–Trinajstić information content (AvgIpc) is 2.16. The van der Waals surface area contributed by atoms with E-state index < -0.39 is 0 Å². The lowest BCUT2D eigenvalue weighted by atomic mass is 9.97. The van der Waals surface area contributed by atoms with E-state index in [1.54, 1.807) is 0 Å². The highest BCUT2D eigenvalue weighted by Crippen LogP contribution is 2.26. The third kappa shape index (κ3) is 2.98. The minimum Gasteiger partial charge on any atom is -0.383 e. The summed E-state index contributed by atoms with van der Waals surface area (Å²) in [6, 6.07) is 6.99. The van der Waals surface area contributed by atoms with E-state index >= 15 is 0 Å². The summed E-state index contributed by atoms with van der Waals surface area (Å²) in [5.74, 6) is 0. The van der Waals surface area contributed by atoms with Crippen LogP contribution in [0.4, 0.5) is 5.69 Å². The van der Waals surface area contributed by atoms with Crippen LogP contribution in [0.25, 0.3) is 0 Å². The second kappa shape index (κ2) is 4.38. The van der Waals surface area contributed by atoms with Gasteiger partial charge < -0.3 is 10.6 Å². The van der Waals surface area contributed by atoms with E-state index in [2.05, 4.69) is 65.5 Å². The molecule has 0 saturated heterocycles. The quantitative estimate of drug-likeness (QED) is 0.827. The molecule has 2 rings (SSSR count). The van der Waals surface area contributed by atoms with Crippen LogP contribution in [0.15, 0.2) is 22.7 Å². The highest BCUT2D eigenvalue weighted by molar-refractivity contribution is 9.10. The van der Waals surface area contributed by atoms with Crippen LogP contribution in [0, 0.1) is 0 Å². The minimum absolute atomic E-state index is 0.180. The topological polar surface area (TPSA) is 24.1 Å². The van der Waals surface area contributed by atoms with E-state index in [0.29, 0.717) is 6.04 Å². The molecule has 1 aliphatic rings. The second-order valence-electron chi connectivity index (χ2n) is 5.48. The van der Waals surface area contributed by atoms with Crippen molar-refractivity contribution in [3.63, 3.8) is 0 Å². The van der Waals surface area contributed by atoms with Gasteiger partial charge in [-0.05, 0) is 44.9 Å². The summed E-state index contributed by atoms with van der Waals surface area (Å²) in [5.41, 5.74) is 2.84. The first-order valence-electron chi connectivity index (χ1n) is 5.74. The van der Waals surface area contributed by atoms with Crippen molar-refractivity contribution >= 4 is 21.6 Å². The Morgan fingerprint density at radius 3 is 2.81 bits per heavy atom. The molecule has 0 radical (unpaired) electrons. The molecule has 2 nitrogen and oxygen atoms in total. The predicted octanol–water partition coefficient (Wildman–Crippen LogP) is 3.17. The minimum atomic E-state index is 0.180. The van der Waals surface area contributed by atoms with Crippen LogP contribution in [-0.2, 0) is 6.42 Å². The van der Waals surface area contributed by atoms with Gasteiger partial charge in [0.15, 0.2) is 0 Å². The normalized spacial score (nSPS) is 20.1. The summed E-state index contributed by atoms with van der Waals surface area (Å²) in [6.45, 7) is 7.64. The highest BCUT2D eigenvalue weighted by atomic mass is 79.9. The molecular weight excluding hydrogens is 264 g/mol. The number of fused-ring (bicyclic) bond motifs is 1. The molecule has 88 valence electrons. The van der Waals surface area contributed by atoms with Crippen LogP contribution in [0.5, 0.6) is 0 Å². The molecule has 1 aliphatic heterocycles. The molecule has 0 amide bonds. The molecular formula is C13H19BrN2. The molecule has 2 N–H and O–H groups in total. The molecule has 0 saturated carbocycles. The van der Waals surface area contributed by atoms with Crippen LogP contribution < -0.4 is 10.6 Å². The maximum absolute atomic E-state index is 3.64. The summed E-state index contributed by atoms with van der Waals surface area (Å²) in [7, 11) is 0. The molecule has 0 fully saturated rings. The van der Waals surface area contributed by atoms with E-state index in [-0.39, 0.29) is 5.54 Å². The maximum atomic E-state index is 3.64. The maximum Gasteiger partial charge on any atom is 0.0385 e. The Morgan fingerprint density at radius 2 is 2.12 bits per heavy atom. The first-order valence-corrected chi connectivity index (χ1v) is 6.53. The standard InChI is InChI=1S/C13H19BrN2/c1-13(2,3)16-11-6-9-4-5-10(14)7-12(9)15-8-11/h4-5,7,11,15-16H,6,8H2,1-3H3. The van der Waals surface area contributed by atoms with E-state index in [4.69, 9.17) is 0 Å². The smallest absolute Gasteiger partial charge is 0.0385 e. The van der Waals surface area contributed by atoms with Gasteiger partial charge in [-0.15, -0.1) is 0 Å². The van der Waals surface area contributed by atoms with Gasteiger partial charge in [0.05, 0.1) is 0 Å². The van der Waals surface area contributed by atoms with Crippen LogP contribution >= 0.6 is 15.9 Å². The molecule has 0 aromatic heterocycles. The van der Waals surface area contributed by atoms with Gasteiger partial charge in [0.1, 0.15) is 0 Å². The van der Waals surface area contributed by atoms with Crippen LogP contribution in [0.2, 0.25) is 0 Å². The lowest BCUT2D eigenvalue weighted by Gasteiger charge is -2.33. The fourth-order valence-corrected chi connectivity index (χ4v) is 2.54. The van der Waals surface area contributed by atoms with Gasteiger partial charge in [0.25, 0.3) is 0 Å². The number of hydrogen-bond acceptors (Lipinski definition) is 2. The van der Waals surface area contributed by atoms with Crippen molar-refractivity contribution in [3.8, 4) is 0 Å². The first kappa shape index (κ1) is 11.9. The van der Waals surface area contributed by atoms with Crippen LogP contribution in [0.3, 0.4) is 0 Å². The zero-order valence-electron chi connectivity index (χ0n) is 10.1. The van der Waals surface area contributed by atoms with Crippen molar-refractivity contribution in [2.75, 3.05) is 11.9 Å². The Bertz CT molecular complexity index is 382. The fourth-order valence-electron chi connectivity index (χ4n) is 2.18. The van der Waals surface area contributed by atoms with Crippen molar-refractivity contribution in [1.29, 1.82) is 0 Å². The zero-order chi connectivity index (χ0) is 11.8.